The normalized spacial score (nSPS) is 20.1. The van der Waals surface area contributed by atoms with Gasteiger partial charge in [-0.3, -0.25) is 4.99 Å². The van der Waals surface area contributed by atoms with Crippen LogP contribution in [0.2, 0.25) is 0 Å². The SMILES string of the molecule is O=S1(=O)CCN=C2SC=C(c3cccc4ccccc34)N21. The van der Waals surface area contributed by atoms with Crippen molar-refractivity contribution in [2.75, 3.05) is 12.3 Å². The fourth-order valence-corrected chi connectivity index (χ4v) is 5.24. The minimum atomic E-state index is -3.31. The van der Waals surface area contributed by atoms with Crippen LogP contribution in [-0.4, -0.2) is 30.2 Å². The summed E-state index contributed by atoms with van der Waals surface area (Å²) >= 11 is 1.37. The van der Waals surface area contributed by atoms with Gasteiger partial charge in [-0.15, -0.1) is 0 Å². The Hall–Kier alpha value is -1.79. The number of hydrogen-bond donors (Lipinski definition) is 0. The van der Waals surface area contributed by atoms with Crippen LogP contribution in [0.4, 0.5) is 0 Å². The molecule has 0 bridgehead atoms. The molecule has 0 unspecified atom stereocenters. The van der Waals surface area contributed by atoms with Crippen LogP contribution >= 0.6 is 11.8 Å². The second-order valence-corrected chi connectivity index (χ2v) is 7.67. The first-order chi connectivity index (χ1) is 10.2. The maximum absolute atomic E-state index is 12.4. The topological polar surface area (TPSA) is 49.7 Å². The molecule has 2 aromatic carbocycles. The van der Waals surface area contributed by atoms with E-state index < -0.39 is 10.0 Å². The summed E-state index contributed by atoms with van der Waals surface area (Å²) in [7, 11) is -3.31. The summed E-state index contributed by atoms with van der Waals surface area (Å²) in [5.41, 5.74) is 1.63. The van der Waals surface area contributed by atoms with Gasteiger partial charge >= 0.3 is 0 Å². The largest absolute Gasteiger partial charge is 0.260 e. The van der Waals surface area contributed by atoms with Gasteiger partial charge in [0.15, 0.2) is 5.17 Å². The standard InChI is InChI=1S/C15H12N2O2S2/c18-21(19)9-8-16-15-17(21)14(10-20-15)13-7-3-5-11-4-1-2-6-12(11)13/h1-7,10H,8-9H2. The number of amidine groups is 1. The van der Waals surface area contributed by atoms with Crippen molar-refractivity contribution in [2.45, 2.75) is 0 Å². The van der Waals surface area contributed by atoms with Gasteiger partial charge in [0, 0.05) is 11.0 Å². The molecule has 6 heteroatoms. The number of sulfonamides is 1. The van der Waals surface area contributed by atoms with E-state index in [4.69, 9.17) is 0 Å². The summed E-state index contributed by atoms with van der Waals surface area (Å²) in [6.45, 7) is 0.345. The van der Waals surface area contributed by atoms with E-state index in [9.17, 15) is 8.42 Å². The van der Waals surface area contributed by atoms with Crippen molar-refractivity contribution in [1.29, 1.82) is 0 Å². The maximum Gasteiger partial charge on any atom is 0.242 e. The average molecular weight is 316 g/mol. The Bertz CT molecular complexity index is 896. The second kappa shape index (κ2) is 4.61. The van der Waals surface area contributed by atoms with Crippen LogP contribution in [0.3, 0.4) is 0 Å². The minimum absolute atomic E-state index is 0.0686. The number of rotatable bonds is 1. The molecule has 2 aliphatic heterocycles. The van der Waals surface area contributed by atoms with Gasteiger partial charge in [-0.2, -0.15) is 0 Å². The molecular formula is C15H12N2O2S2. The second-order valence-electron chi connectivity index (χ2n) is 4.89. The van der Waals surface area contributed by atoms with Gasteiger partial charge in [-0.25, -0.2) is 12.7 Å². The monoisotopic (exact) mass is 316 g/mol. The average Bonchev–Trinajstić information content (AvgIpc) is 2.92. The van der Waals surface area contributed by atoms with Crippen LogP contribution in [0, 0.1) is 0 Å². The first-order valence-corrected chi connectivity index (χ1v) is 9.08. The van der Waals surface area contributed by atoms with Gasteiger partial charge in [0.1, 0.15) is 0 Å². The van der Waals surface area contributed by atoms with Crippen LogP contribution < -0.4 is 0 Å². The van der Waals surface area contributed by atoms with E-state index in [-0.39, 0.29) is 5.75 Å². The van der Waals surface area contributed by atoms with Gasteiger partial charge in [-0.05, 0) is 10.8 Å². The van der Waals surface area contributed by atoms with Crippen molar-refractivity contribution < 1.29 is 8.42 Å². The zero-order chi connectivity index (χ0) is 14.4. The summed E-state index contributed by atoms with van der Waals surface area (Å²) < 4.78 is 26.1. The van der Waals surface area contributed by atoms with Crippen molar-refractivity contribution in [3.63, 3.8) is 0 Å². The van der Waals surface area contributed by atoms with Crippen LogP contribution in [0.1, 0.15) is 5.56 Å². The lowest BCUT2D eigenvalue weighted by molar-refractivity contribution is 0.564. The third-order valence-electron chi connectivity index (χ3n) is 3.61. The summed E-state index contributed by atoms with van der Waals surface area (Å²) in [6, 6.07) is 13.9. The molecule has 0 aliphatic carbocycles. The third-order valence-corrected chi connectivity index (χ3v) is 6.21. The lowest BCUT2D eigenvalue weighted by Crippen LogP contribution is -2.37. The summed E-state index contributed by atoms with van der Waals surface area (Å²) in [4.78, 5) is 4.32. The number of aliphatic imine (C=N–C) groups is 1. The Morgan fingerprint density at radius 3 is 2.81 bits per heavy atom. The van der Waals surface area contributed by atoms with Crippen LogP contribution in [0.25, 0.3) is 16.5 Å². The molecule has 4 rings (SSSR count). The Balaban J connectivity index is 1.94. The highest BCUT2D eigenvalue weighted by Gasteiger charge is 2.37. The molecule has 0 saturated carbocycles. The molecule has 2 aliphatic rings. The maximum atomic E-state index is 12.4. The number of benzene rings is 2. The molecule has 4 nitrogen and oxygen atoms in total. The van der Waals surface area contributed by atoms with Gasteiger partial charge in [0.25, 0.3) is 0 Å². The molecule has 106 valence electrons. The van der Waals surface area contributed by atoms with Gasteiger partial charge in [-0.1, -0.05) is 54.2 Å². The molecule has 0 spiro atoms. The summed E-state index contributed by atoms with van der Waals surface area (Å²) in [5.74, 6) is 0.0686. The Labute approximate surface area is 127 Å². The zero-order valence-electron chi connectivity index (χ0n) is 11.1. The van der Waals surface area contributed by atoms with Gasteiger partial charge in [0.05, 0.1) is 18.0 Å². The highest BCUT2D eigenvalue weighted by Crippen LogP contribution is 2.39. The minimum Gasteiger partial charge on any atom is -0.260 e. The zero-order valence-corrected chi connectivity index (χ0v) is 12.7. The molecular weight excluding hydrogens is 304 g/mol. The first kappa shape index (κ1) is 12.9. The number of thioether (sulfide) groups is 1. The fraction of sp³-hybridized carbons (Fsp3) is 0.133. The van der Waals surface area contributed by atoms with Crippen molar-refractivity contribution in [1.82, 2.24) is 4.31 Å². The van der Waals surface area contributed by atoms with Gasteiger partial charge < -0.3 is 0 Å². The lowest BCUT2D eigenvalue weighted by atomic mass is 10.0. The Morgan fingerprint density at radius 1 is 1.10 bits per heavy atom. The van der Waals surface area contributed by atoms with Crippen LogP contribution in [-0.2, 0) is 10.0 Å². The van der Waals surface area contributed by atoms with E-state index in [2.05, 4.69) is 4.99 Å². The number of nitrogens with zero attached hydrogens (tertiary/aromatic N) is 2. The van der Waals surface area contributed by atoms with Crippen LogP contribution in [0.5, 0.6) is 0 Å². The molecule has 0 aromatic heterocycles. The van der Waals surface area contributed by atoms with Crippen molar-refractivity contribution >= 4 is 43.4 Å². The van der Waals surface area contributed by atoms with Crippen molar-refractivity contribution in [3.8, 4) is 0 Å². The molecule has 0 radical (unpaired) electrons. The fourth-order valence-electron chi connectivity index (χ4n) is 2.65. The van der Waals surface area contributed by atoms with Crippen molar-refractivity contribution in [2.24, 2.45) is 4.99 Å². The van der Waals surface area contributed by atoms with E-state index in [1.54, 1.807) is 0 Å². The predicted octanol–water partition coefficient (Wildman–Crippen LogP) is 2.89. The summed E-state index contributed by atoms with van der Waals surface area (Å²) in [6.07, 6.45) is 0. The molecule has 0 saturated heterocycles. The van der Waals surface area contributed by atoms with E-state index >= 15 is 0 Å². The van der Waals surface area contributed by atoms with Crippen molar-refractivity contribution in [3.05, 3.63) is 53.4 Å². The van der Waals surface area contributed by atoms with E-state index in [1.807, 2.05) is 47.9 Å². The molecule has 21 heavy (non-hydrogen) atoms. The summed E-state index contributed by atoms with van der Waals surface area (Å²) in [5, 5.41) is 4.59. The highest BCUT2D eigenvalue weighted by atomic mass is 32.2. The Kier molecular flexibility index (Phi) is 2.83. The molecule has 2 heterocycles. The first-order valence-electron chi connectivity index (χ1n) is 6.59. The number of hydrogen-bond acceptors (Lipinski definition) is 4. The van der Waals surface area contributed by atoms with E-state index in [0.717, 1.165) is 16.3 Å². The molecule has 0 N–H and O–H groups in total. The molecule has 0 atom stereocenters. The highest BCUT2D eigenvalue weighted by molar-refractivity contribution is 8.18. The number of fused-ring (bicyclic) bond motifs is 2. The quantitative estimate of drug-likeness (QED) is 0.813. The molecule has 0 amide bonds. The van der Waals surface area contributed by atoms with E-state index in [1.165, 1.54) is 16.1 Å². The van der Waals surface area contributed by atoms with Crippen LogP contribution in [0.15, 0.2) is 52.9 Å². The lowest BCUT2D eigenvalue weighted by Gasteiger charge is -2.25. The van der Waals surface area contributed by atoms with Gasteiger partial charge in [0.2, 0.25) is 10.0 Å². The molecule has 0 fully saturated rings. The molecule has 2 aromatic rings. The smallest absolute Gasteiger partial charge is 0.242 e. The predicted molar refractivity (Wildman–Crippen MR) is 87.4 cm³/mol. The third kappa shape index (κ3) is 1.98. The van der Waals surface area contributed by atoms with E-state index in [0.29, 0.717) is 17.4 Å². The Morgan fingerprint density at radius 2 is 1.90 bits per heavy atom.